The van der Waals surface area contributed by atoms with Gasteiger partial charge in [-0.1, -0.05) is 6.42 Å². The molecule has 1 aliphatic rings. The molecule has 1 amide bonds. The molecule has 18 heavy (non-hydrogen) atoms. The molecule has 1 rings (SSSR count). The number of carbonyl (C=O) groups excluding carboxylic acids is 1. The minimum absolute atomic E-state index is 0.0178. The summed E-state index contributed by atoms with van der Waals surface area (Å²) in [5, 5.41) is 2.82. The molecule has 1 saturated heterocycles. The van der Waals surface area contributed by atoms with Gasteiger partial charge in [0.1, 0.15) is 0 Å². The first kappa shape index (κ1) is 15.8. The highest BCUT2D eigenvalue weighted by atomic mass is 32.2. The van der Waals surface area contributed by atoms with Gasteiger partial charge in [-0.3, -0.25) is 4.79 Å². The quantitative estimate of drug-likeness (QED) is 0.782. The fourth-order valence-electron chi connectivity index (χ4n) is 2.26. The average Bonchev–Trinajstić information content (AvgIpc) is 2.28. The molecular weight excluding hydrogens is 272 g/mol. The average molecular weight is 294 g/mol. The first-order valence-electron chi connectivity index (χ1n) is 6.17. The molecule has 1 N–H and O–H groups in total. The van der Waals surface area contributed by atoms with Gasteiger partial charge in [0.25, 0.3) is 0 Å². The van der Waals surface area contributed by atoms with E-state index >= 15 is 0 Å². The second-order valence-electron chi connectivity index (χ2n) is 4.59. The van der Waals surface area contributed by atoms with Crippen LogP contribution >= 0.6 is 11.8 Å². The number of rotatable bonds is 6. The first-order valence-corrected chi connectivity index (χ1v) is 9.42. The Morgan fingerprint density at radius 3 is 2.78 bits per heavy atom. The summed E-state index contributed by atoms with van der Waals surface area (Å²) >= 11 is 1.48. The lowest BCUT2D eigenvalue weighted by Gasteiger charge is -2.33. The van der Waals surface area contributed by atoms with Crippen LogP contribution in [0.1, 0.15) is 25.7 Å². The molecule has 1 heterocycles. The minimum Gasteiger partial charge on any atom is -0.355 e. The maximum atomic E-state index is 11.6. The van der Waals surface area contributed by atoms with Gasteiger partial charge in [-0.25, -0.2) is 8.42 Å². The van der Waals surface area contributed by atoms with Crippen molar-refractivity contribution < 1.29 is 13.2 Å². The van der Waals surface area contributed by atoms with Gasteiger partial charge in [0.2, 0.25) is 15.9 Å². The number of carbonyl (C=O) groups is 1. The molecule has 0 spiro atoms. The number of nitrogens with zero attached hydrogens (tertiary/aromatic N) is 1. The Hall–Kier alpha value is -0.270. The van der Waals surface area contributed by atoms with Crippen molar-refractivity contribution in [2.75, 3.05) is 31.4 Å². The second-order valence-corrected chi connectivity index (χ2v) is 7.40. The van der Waals surface area contributed by atoms with Crippen LogP contribution in [0.3, 0.4) is 0 Å². The molecule has 1 unspecified atom stereocenters. The number of piperidine rings is 1. The number of hydrogen-bond donors (Lipinski definition) is 1. The van der Waals surface area contributed by atoms with E-state index in [-0.39, 0.29) is 11.9 Å². The summed E-state index contributed by atoms with van der Waals surface area (Å²) in [6.07, 6.45) is 6.74. The van der Waals surface area contributed by atoms with E-state index in [9.17, 15) is 13.2 Å². The molecule has 0 radical (unpaired) electrons. The Bertz CT molecular complexity index is 370. The van der Waals surface area contributed by atoms with Gasteiger partial charge < -0.3 is 5.32 Å². The molecule has 1 aliphatic heterocycles. The molecule has 0 aromatic rings. The smallest absolute Gasteiger partial charge is 0.229 e. The zero-order chi connectivity index (χ0) is 13.6. The first-order chi connectivity index (χ1) is 8.45. The Morgan fingerprint density at radius 1 is 1.44 bits per heavy atom. The van der Waals surface area contributed by atoms with Crippen LogP contribution in [0.5, 0.6) is 0 Å². The monoisotopic (exact) mass is 294 g/mol. The van der Waals surface area contributed by atoms with Crippen LogP contribution < -0.4 is 5.32 Å². The third-order valence-electron chi connectivity index (χ3n) is 3.07. The van der Waals surface area contributed by atoms with Crippen molar-refractivity contribution in [1.82, 2.24) is 9.62 Å². The molecule has 1 atom stereocenters. The fraction of sp³-hybridized carbons (Fsp3) is 0.909. The highest BCUT2D eigenvalue weighted by molar-refractivity contribution is 7.99. The number of amides is 1. The molecule has 0 saturated carbocycles. The van der Waals surface area contributed by atoms with Gasteiger partial charge in [0, 0.05) is 19.1 Å². The van der Waals surface area contributed by atoms with Crippen molar-refractivity contribution >= 4 is 27.7 Å². The zero-order valence-corrected chi connectivity index (χ0v) is 12.6. The highest BCUT2D eigenvalue weighted by Crippen LogP contribution is 2.21. The largest absolute Gasteiger partial charge is 0.355 e. The summed E-state index contributed by atoms with van der Waals surface area (Å²) in [7, 11) is -3.12. The van der Waals surface area contributed by atoms with Crippen LogP contribution in [0, 0.1) is 0 Å². The highest BCUT2D eigenvalue weighted by Gasteiger charge is 2.28. The number of sulfonamides is 1. The molecule has 5 nitrogen and oxygen atoms in total. The minimum atomic E-state index is -3.12. The zero-order valence-electron chi connectivity index (χ0n) is 11.0. The van der Waals surface area contributed by atoms with Gasteiger partial charge in [0.15, 0.2) is 0 Å². The summed E-state index contributed by atoms with van der Waals surface area (Å²) in [5.41, 5.74) is 0. The molecular formula is C11H22N2O3S2. The summed E-state index contributed by atoms with van der Waals surface area (Å²) in [6, 6.07) is 0.0447. The summed E-state index contributed by atoms with van der Waals surface area (Å²) in [5.74, 6) is 0.477. The fourth-order valence-corrected chi connectivity index (χ4v) is 3.84. The predicted molar refractivity (Wildman–Crippen MR) is 75.2 cm³/mol. The number of thioether (sulfide) groups is 1. The van der Waals surface area contributed by atoms with E-state index in [2.05, 4.69) is 5.32 Å². The number of nitrogens with one attached hydrogen (secondary N) is 1. The van der Waals surface area contributed by atoms with Crippen LogP contribution in [0.2, 0.25) is 0 Å². The van der Waals surface area contributed by atoms with Crippen LogP contribution in [0.15, 0.2) is 0 Å². The third-order valence-corrected chi connectivity index (χ3v) is 4.96. The van der Waals surface area contributed by atoms with Crippen molar-refractivity contribution in [3.8, 4) is 0 Å². The molecule has 1 fully saturated rings. The van der Waals surface area contributed by atoms with Crippen LogP contribution in [-0.4, -0.2) is 56.0 Å². The SMILES string of the molecule is CSCC(=O)NCCC1CCCCN1S(C)(=O)=O. The molecule has 7 heteroatoms. The topological polar surface area (TPSA) is 66.5 Å². The Balaban J connectivity index is 2.41. The summed E-state index contributed by atoms with van der Waals surface area (Å²) in [4.78, 5) is 11.3. The Labute approximate surface area is 114 Å². The van der Waals surface area contributed by atoms with E-state index in [4.69, 9.17) is 0 Å². The van der Waals surface area contributed by atoms with Gasteiger partial charge in [-0.15, -0.1) is 0 Å². The van der Waals surface area contributed by atoms with Crippen molar-refractivity contribution in [3.63, 3.8) is 0 Å². The van der Waals surface area contributed by atoms with Gasteiger partial charge in [0.05, 0.1) is 12.0 Å². The van der Waals surface area contributed by atoms with E-state index in [1.165, 1.54) is 18.0 Å². The normalized spacial score (nSPS) is 21.8. The van der Waals surface area contributed by atoms with E-state index in [1.54, 1.807) is 4.31 Å². The molecule has 0 aromatic heterocycles. The van der Waals surface area contributed by atoms with Crippen molar-refractivity contribution in [3.05, 3.63) is 0 Å². The third kappa shape index (κ3) is 5.16. The van der Waals surface area contributed by atoms with E-state index in [1.807, 2.05) is 6.26 Å². The van der Waals surface area contributed by atoms with Gasteiger partial charge in [-0.05, 0) is 25.5 Å². The molecule has 0 aromatic carbocycles. The van der Waals surface area contributed by atoms with Crippen molar-refractivity contribution in [2.45, 2.75) is 31.7 Å². The van der Waals surface area contributed by atoms with E-state index in [0.29, 0.717) is 25.3 Å². The Morgan fingerprint density at radius 2 is 2.17 bits per heavy atom. The molecule has 106 valence electrons. The lowest BCUT2D eigenvalue weighted by Crippen LogP contribution is -2.44. The van der Waals surface area contributed by atoms with Gasteiger partial charge in [-0.2, -0.15) is 16.1 Å². The lowest BCUT2D eigenvalue weighted by atomic mass is 10.0. The van der Waals surface area contributed by atoms with E-state index in [0.717, 1.165) is 19.3 Å². The molecule has 0 bridgehead atoms. The van der Waals surface area contributed by atoms with Gasteiger partial charge >= 0.3 is 0 Å². The maximum Gasteiger partial charge on any atom is 0.229 e. The standard InChI is InChI=1S/C11H22N2O3S2/c1-17-9-11(14)12-7-6-10-5-3-4-8-13(10)18(2,15)16/h10H,3-9H2,1-2H3,(H,12,14). The Kier molecular flexibility index (Phi) is 6.45. The lowest BCUT2D eigenvalue weighted by molar-refractivity contribution is -0.118. The summed E-state index contributed by atoms with van der Waals surface area (Å²) in [6.45, 7) is 1.17. The van der Waals surface area contributed by atoms with E-state index < -0.39 is 10.0 Å². The van der Waals surface area contributed by atoms with Crippen molar-refractivity contribution in [2.24, 2.45) is 0 Å². The van der Waals surface area contributed by atoms with Crippen LogP contribution in [0.25, 0.3) is 0 Å². The van der Waals surface area contributed by atoms with Crippen LogP contribution in [0.4, 0.5) is 0 Å². The predicted octanol–water partition coefficient (Wildman–Crippen LogP) is 0.670. The number of hydrogen-bond acceptors (Lipinski definition) is 4. The summed E-state index contributed by atoms with van der Waals surface area (Å²) < 4.78 is 24.8. The maximum absolute atomic E-state index is 11.6. The van der Waals surface area contributed by atoms with Crippen LogP contribution in [-0.2, 0) is 14.8 Å². The second kappa shape index (κ2) is 7.35. The molecule has 0 aliphatic carbocycles. The van der Waals surface area contributed by atoms with Crippen molar-refractivity contribution in [1.29, 1.82) is 0 Å².